The number of anilines is 2. The monoisotopic (exact) mass is 219 g/mol. The van der Waals surface area contributed by atoms with Crippen LogP contribution in [0.15, 0.2) is 18.2 Å². The third kappa shape index (κ3) is 3.17. The minimum absolute atomic E-state index is 0.269. The maximum absolute atomic E-state index is 10.8. The van der Waals surface area contributed by atoms with Gasteiger partial charge < -0.3 is 15.8 Å². The zero-order chi connectivity index (χ0) is 12.0. The second-order valence-electron chi connectivity index (χ2n) is 3.17. The molecule has 0 unspecified atom stereocenters. The van der Waals surface area contributed by atoms with Gasteiger partial charge in [0.25, 0.3) is 0 Å². The molecule has 3 N–H and O–H groups in total. The zero-order valence-corrected chi connectivity index (χ0v) is 8.99. The summed E-state index contributed by atoms with van der Waals surface area (Å²) >= 11 is 0. The number of carbonyl (C=O) groups is 1. The average Bonchev–Trinajstić information content (AvgIpc) is 2.29. The first-order valence-corrected chi connectivity index (χ1v) is 4.77. The highest BCUT2D eigenvalue weighted by molar-refractivity contribution is 5.70. The molecule has 0 aromatic heterocycles. The van der Waals surface area contributed by atoms with E-state index in [-0.39, 0.29) is 12.4 Å². The van der Waals surface area contributed by atoms with Crippen LogP contribution < -0.4 is 11.1 Å². The highest BCUT2D eigenvalue weighted by Gasteiger charge is 2.01. The van der Waals surface area contributed by atoms with Crippen molar-refractivity contribution >= 4 is 17.3 Å². The maximum atomic E-state index is 10.8. The Labute approximate surface area is 93.8 Å². The predicted molar refractivity (Wildman–Crippen MR) is 60.7 cm³/mol. The van der Waals surface area contributed by atoms with Crippen molar-refractivity contribution in [1.29, 1.82) is 5.26 Å². The molecule has 0 aliphatic heterocycles. The zero-order valence-electron chi connectivity index (χ0n) is 8.99. The molecule has 0 fully saturated rings. The fourth-order valence-electron chi connectivity index (χ4n) is 1.19. The molecule has 0 aliphatic carbocycles. The summed E-state index contributed by atoms with van der Waals surface area (Å²) in [5.74, 6) is -0.269. The van der Waals surface area contributed by atoms with Gasteiger partial charge in [-0.25, -0.2) is 0 Å². The number of esters is 1. The van der Waals surface area contributed by atoms with Crippen molar-refractivity contribution in [2.75, 3.05) is 24.7 Å². The van der Waals surface area contributed by atoms with Crippen LogP contribution in [0.3, 0.4) is 0 Å². The second kappa shape index (κ2) is 5.61. The number of ether oxygens (including phenoxy) is 1. The van der Waals surface area contributed by atoms with Crippen LogP contribution in [0.5, 0.6) is 0 Å². The van der Waals surface area contributed by atoms with E-state index in [2.05, 4.69) is 10.1 Å². The van der Waals surface area contributed by atoms with Crippen molar-refractivity contribution in [3.8, 4) is 6.07 Å². The molecule has 5 nitrogen and oxygen atoms in total. The van der Waals surface area contributed by atoms with Crippen molar-refractivity contribution in [2.24, 2.45) is 0 Å². The molecule has 0 aliphatic rings. The van der Waals surface area contributed by atoms with E-state index in [1.807, 2.05) is 6.07 Å². The number of nitrogens with two attached hydrogens (primary N) is 1. The topological polar surface area (TPSA) is 88.1 Å². The molecule has 0 amide bonds. The number of nitrogens with one attached hydrogen (secondary N) is 1. The predicted octanol–water partition coefficient (Wildman–Crippen LogP) is 1.12. The molecular formula is C11H13N3O2. The molecule has 16 heavy (non-hydrogen) atoms. The lowest BCUT2D eigenvalue weighted by Gasteiger charge is -2.06. The van der Waals surface area contributed by atoms with Crippen LogP contribution in [0.1, 0.15) is 12.0 Å². The fourth-order valence-corrected chi connectivity index (χ4v) is 1.19. The van der Waals surface area contributed by atoms with Gasteiger partial charge in [-0.2, -0.15) is 5.26 Å². The van der Waals surface area contributed by atoms with Gasteiger partial charge in [0.05, 0.1) is 24.8 Å². The number of methoxy groups -OCH3 is 1. The molecule has 0 spiro atoms. The smallest absolute Gasteiger partial charge is 0.307 e. The summed E-state index contributed by atoms with van der Waals surface area (Å²) in [5, 5.41) is 11.7. The number of nitriles is 1. The van der Waals surface area contributed by atoms with Gasteiger partial charge in [-0.05, 0) is 18.2 Å². The Morgan fingerprint density at radius 2 is 2.38 bits per heavy atom. The normalized spacial score (nSPS) is 9.25. The van der Waals surface area contributed by atoms with Crippen LogP contribution in [0.4, 0.5) is 11.4 Å². The molecule has 0 saturated heterocycles. The van der Waals surface area contributed by atoms with Crippen molar-refractivity contribution in [3.05, 3.63) is 23.8 Å². The summed E-state index contributed by atoms with van der Waals surface area (Å²) in [4.78, 5) is 10.8. The largest absolute Gasteiger partial charge is 0.469 e. The van der Waals surface area contributed by atoms with Crippen LogP contribution in [0.25, 0.3) is 0 Å². The SMILES string of the molecule is COC(=O)CCNc1ccc(C#N)c(N)c1. The van der Waals surface area contributed by atoms with Crippen LogP contribution in [-0.2, 0) is 9.53 Å². The summed E-state index contributed by atoms with van der Waals surface area (Å²) < 4.78 is 4.50. The van der Waals surface area contributed by atoms with Crippen LogP contribution >= 0.6 is 0 Å². The minimum Gasteiger partial charge on any atom is -0.469 e. The van der Waals surface area contributed by atoms with E-state index in [4.69, 9.17) is 11.0 Å². The maximum Gasteiger partial charge on any atom is 0.307 e. The van der Waals surface area contributed by atoms with Crippen molar-refractivity contribution < 1.29 is 9.53 Å². The van der Waals surface area contributed by atoms with Gasteiger partial charge in [-0.1, -0.05) is 0 Å². The number of rotatable bonds is 4. The number of carbonyl (C=O) groups excluding carboxylic acids is 1. The van der Waals surface area contributed by atoms with Crippen LogP contribution in [-0.4, -0.2) is 19.6 Å². The van der Waals surface area contributed by atoms with E-state index in [1.165, 1.54) is 7.11 Å². The molecule has 1 rings (SSSR count). The third-order valence-corrected chi connectivity index (χ3v) is 2.06. The van der Waals surface area contributed by atoms with E-state index >= 15 is 0 Å². The van der Waals surface area contributed by atoms with E-state index in [0.717, 1.165) is 5.69 Å². The van der Waals surface area contributed by atoms with E-state index < -0.39 is 0 Å². The molecule has 0 saturated carbocycles. The molecule has 0 atom stereocenters. The Hall–Kier alpha value is -2.22. The first-order valence-electron chi connectivity index (χ1n) is 4.77. The molecule has 5 heteroatoms. The number of hydrogen-bond donors (Lipinski definition) is 2. The fraction of sp³-hybridized carbons (Fsp3) is 0.273. The lowest BCUT2D eigenvalue weighted by atomic mass is 10.2. The molecule has 1 aromatic carbocycles. The first-order chi connectivity index (χ1) is 7.67. The Morgan fingerprint density at radius 3 is 2.94 bits per heavy atom. The van der Waals surface area contributed by atoms with Crippen LogP contribution in [0, 0.1) is 11.3 Å². The minimum atomic E-state index is -0.269. The first kappa shape index (κ1) is 11.9. The van der Waals surface area contributed by atoms with Crippen LogP contribution in [0.2, 0.25) is 0 Å². The highest BCUT2D eigenvalue weighted by atomic mass is 16.5. The molecule has 0 bridgehead atoms. The van der Waals surface area contributed by atoms with Crippen molar-refractivity contribution in [3.63, 3.8) is 0 Å². The number of nitrogens with zero attached hydrogens (tertiary/aromatic N) is 1. The lowest BCUT2D eigenvalue weighted by molar-refractivity contribution is -0.140. The average molecular weight is 219 g/mol. The summed E-state index contributed by atoms with van der Waals surface area (Å²) in [6.07, 6.45) is 0.288. The van der Waals surface area contributed by atoms with Gasteiger partial charge in [0.15, 0.2) is 0 Å². The van der Waals surface area contributed by atoms with Gasteiger partial charge in [0, 0.05) is 12.2 Å². The standard InChI is InChI=1S/C11H13N3O2/c1-16-11(15)4-5-14-9-3-2-8(7-12)10(13)6-9/h2-3,6,14H,4-5,13H2,1H3. The van der Waals surface area contributed by atoms with Crippen molar-refractivity contribution in [1.82, 2.24) is 0 Å². The molecule has 0 heterocycles. The molecule has 0 radical (unpaired) electrons. The summed E-state index contributed by atoms with van der Waals surface area (Å²) in [6, 6.07) is 7.02. The lowest BCUT2D eigenvalue weighted by Crippen LogP contribution is -2.09. The van der Waals surface area contributed by atoms with Crippen molar-refractivity contribution in [2.45, 2.75) is 6.42 Å². The Morgan fingerprint density at radius 1 is 1.62 bits per heavy atom. The third-order valence-electron chi connectivity index (χ3n) is 2.06. The highest BCUT2D eigenvalue weighted by Crippen LogP contribution is 2.16. The molecule has 1 aromatic rings. The Balaban J connectivity index is 2.53. The number of hydrogen-bond acceptors (Lipinski definition) is 5. The Kier molecular flexibility index (Phi) is 4.16. The van der Waals surface area contributed by atoms with Gasteiger partial charge in [0.2, 0.25) is 0 Å². The summed E-state index contributed by atoms with van der Waals surface area (Å²) in [5.41, 5.74) is 7.28. The summed E-state index contributed by atoms with van der Waals surface area (Å²) in [7, 11) is 1.35. The number of benzene rings is 1. The second-order valence-corrected chi connectivity index (χ2v) is 3.17. The van der Waals surface area contributed by atoms with E-state index in [0.29, 0.717) is 17.8 Å². The van der Waals surface area contributed by atoms with Gasteiger partial charge in [-0.15, -0.1) is 0 Å². The number of nitrogen functional groups attached to an aromatic ring is 1. The van der Waals surface area contributed by atoms with Gasteiger partial charge in [0.1, 0.15) is 6.07 Å². The Bertz CT molecular complexity index is 424. The summed E-state index contributed by atoms with van der Waals surface area (Å²) in [6.45, 7) is 0.470. The van der Waals surface area contributed by atoms with E-state index in [9.17, 15) is 4.79 Å². The van der Waals surface area contributed by atoms with E-state index in [1.54, 1.807) is 18.2 Å². The quantitative estimate of drug-likeness (QED) is 0.585. The molecule has 84 valence electrons. The molecular weight excluding hydrogens is 206 g/mol. The van der Waals surface area contributed by atoms with Gasteiger partial charge in [-0.3, -0.25) is 4.79 Å². The van der Waals surface area contributed by atoms with Gasteiger partial charge >= 0.3 is 5.97 Å².